The van der Waals surface area contributed by atoms with E-state index in [0.717, 1.165) is 9.87 Å². The van der Waals surface area contributed by atoms with Crippen LogP contribution < -0.4 is 4.90 Å². The van der Waals surface area contributed by atoms with E-state index in [-0.39, 0.29) is 34.5 Å². The Morgan fingerprint density at radius 2 is 1.65 bits per heavy atom. The number of nitrogens with zero attached hydrogens (tertiary/aromatic N) is 2. The van der Waals surface area contributed by atoms with Gasteiger partial charge in [-0.05, 0) is 59.9 Å². The predicted molar refractivity (Wildman–Crippen MR) is 156 cm³/mol. The molecule has 2 aliphatic carbocycles. The lowest BCUT2D eigenvalue weighted by Gasteiger charge is -2.27. The highest BCUT2D eigenvalue weighted by atomic mass is 32.2. The molecular formula is C31H38N2O6S. The summed E-state index contributed by atoms with van der Waals surface area (Å²) in [6.45, 7) is 3.65. The van der Waals surface area contributed by atoms with Crippen LogP contribution in [0.15, 0.2) is 65.6 Å². The third-order valence-electron chi connectivity index (χ3n) is 8.11. The number of carbonyl (C=O) groups is 2. The monoisotopic (exact) mass is 566 g/mol. The van der Waals surface area contributed by atoms with Gasteiger partial charge < -0.3 is 15.1 Å². The van der Waals surface area contributed by atoms with E-state index in [0.29, 0.717) is 5.92 Å². The number of rotatable bonds is 9. The number of benzene rings is 2. The number of aromatic hydroxyl groups is 1. The summed E-state index contributed by atoms with van der Waals surface area (Å²) in [5.41, 5.74) is 2.09. The van der Waals surface area contributed by atoms with Gasteiger partial charge in [0.05, 0.1) is 18.0 Å². The first kappa shape index (κ1) is 29.6. The van der Waals surface area contributed by atoms with Crippen LogP contribution in [-0.2, 0) is 21.4 Å². The lowest BCUT2D eigenvalue weighted by Crippen LogP contribution is -2.41. The van der Waals surface area contributed by atoms with E-state index in [2.05, 4.69) is 12.1 Å². The molecule has 1 fully saturated rings. The highest BCUT2D eigenvalue weighted by molar-refractivity contribution is 7.93. The van der Waals surface area contributed by atoms with Gasteiger partial charge in [-0.25, -0.2) is 13.2 Å². The van der Waals surface area contributed by atoms with Crippen molar-refractivity contribution >= 4 is 27.6 Å². The number of allylic oxidation sites excluding steroid dienone is 3. The molecule has 2 N–H and O–H groups in total. The molecule has 9 heteroatoms. The van der Waals surface area contributed by atoms with Crippen molar-refractivity contribution in [2.75, 3.05) is 18.5 Å². The molecule has 40 heavy (non-hydrogen) atoms. The first-order chi connectivity index (χ1) is 19.0. The van der Waals surface area contributed by atoms with E-state index in [9.17, 15) is 28.2 Å². The zero-order valence-corrected chi connectivity index (χ0v) is 24.1. The van der Waals surface area contributed by atoms with Crippen LogP contribution in [0.5, 0.6) is 5.75 Å². The van der Waals surface area contributed by atoms with E-state index in [1.165, 1.54) is 67.8 Å². The summed E-state index contributed by atoms with van der Waals surface area (Å²) in [7, 11) is -2.55. The Hall–Kier alpha value is -3.43. The van der Waals surface area contributed by atoms with Crippen LogP contribution in [-0.4, -0.2) is 48.4 Å². The van der Waals surface area contributed by atoms with Crippen molar-refractivity contribution in [2.45, 2.75) is 58.4 Å². The van der Waals surface area contributed by atoms with E-state index in [4.69, 9.17) is 0 Å². The number of carbonyl (C=O) groups excluding carboxylic acids is 1. The maximum absolute atomic E-state index is 13.6. The molecule has 2 aliphatic rings. The van der Waals surface area contributed by atoms with Crippen molar-refractivity contribution in [3.8, 4) is 5.75 Å². The number of anilines is 1. The van der Waals surface area contributed by atoms with Crippen LogP contribution in [0.2, 0.25) is 0 Å². The maximum Gasteiger partial charge on any atom is 0.339 e. The lowest BCUT2D eigenvalue weighted by molar-refractivity contribution is -0.118. The number of carboxylic acid groups (broad SMARTS) is 1. The Balaban J connectivity index is 1.59. The first-order valence-corrected chi connectivity index (χ1v) is 15.2. The number of sulfonamides is 1. The van der Waals surface area contributed by atoms with Gasteiger partial charge in [0.1, 0.15) is 11.3 Å². The number of hydrogen-bond acceptors (Lipinski definition) is 5. The van der Waals surface area contributed by atoms with Crippen LogP contribution in [0.25, 0.3) is 0 Å². The number of likely N-dealkylation sites (N-methyl/N-ethyl adjacent to an activating group) is 1. The van der Waals surface area contributed by atoms with Gasteiger partial charge in [0.25, 0.3) is 0 Å². The summed E-state index contributed by atoms with van der Waals surface area (Å²) >= 11 is 0. The second-order valence-electron chi connectivity index (χ2n) is 11.0. The van der Waals surface area contributed by atoms with Gasteiger partial charge in [0.2, 0.25) is 15.9 Å². The van der Waals surface area contributed by atoms with Gasteiger partial charge in [-0.3, -0.25) is 4.79 Å². The average molecular weight is 567 g/mol. The van der Waals surface area contributed by atoms with Crippen LogP contribution in [0.4, 0.5) is 5.69 Å². The molecule has 214 valence electrons. The molecule has 0 aromatic heterocycles. The van der Waals surface area contributed by atoms with E-state index >= 15 is 0 Å². The molecule has 4 rings (SSSR count). The normalized spacial score (nSPS) is 19.9. The molecule has 0 radical (unpaired) electrons. The third-order valence-corrected chi connectivity index (χ3v) is 9.93. The molecule has 2 aromatic carbocycles. The van der Waals surface area contributed by atoms with E-state index in [1.807, 2.05) is 32.1 Å². The Bertz CT molecular complexity index is 1410. The summed E-state index contributed by atoms with van der Waals surface area (Å²) < 4.78 is 27.6. The number of aromatic carboxylic acids is 1. The van der Waals surface area contributed by atoms with Crippen molar-refractivity contribution in [1.29, 1.82) is 0 Å². The van der Waals surface area contributed by atoms with Gasteiger partial charge in [0.15, 0.2) is 0 Å². The fourth-order valence-corrected chi connectivity index (χ4v) is 6.58. The standard InChI is InChI=1S/C31H38N2O6S/c1-21-9-15-27(17-22(21)2)40(38,39)32(3)20-30(35)33(26-14-16-28(31(36)37)29(34)18-26)19-23-10-12-25(13-11-23)24-7-5-4-6-8-24/h9-18,21-22,24,34H,4-8,19-20H2,1-3H3,(H,36,37). The topological polar surface area (TPSA) is 115 Å². The molecule has 8 nitrogen and oxygen atoms in total. The molecule has 1 saturated carbocycles. The SMILES string of the molecule is CC1C=CC(S(=O)(=O)N(C)CC(=O)N(Cc2ccc(C3CCCCC3)cc2)c2ccc(C(=O)O)c(O)c2)=CC1C. The molecule has 2 unspecified atom stereocenters. The number of amides is 1. The molecular weight excluding hydrogens is 528 g/mol. The third kappa shape index (κ3) is 6.64. The van der Waals surface area contributed by atoms with Crippen LogP contribution >= 0.6 is 0 Å². The predicted octanol–water partition coefficient (Wildman–Crippen LogP) is 5.66. The fourth-order valence-electron chi connectivity index (χ4n) is 5.31. The van der Waals surface area contributed by atoms with Gasteiger partial charge in [-0.1, -0.05) is 69.5 Å². The molecule has 0 heterocycles. The molecule has 2 aromatic rings. The van der Waals surface area contributed by atoms with Crippen LogP contribution in [0, 0.1) is 11.8 Å². The smallest absolute Gasteiger partial charge is 0.339 e. The summed E-state index contributed by atoms with van der Waals surface area (Å²) in [6, 6.07) is 12.0. The highest BCUT2D eigenvalue weighted by Gasteiger charge is 2.29. The largest absolute Gasteiger partial charge is 0.507 e. The van der Waals surface area contributed by atoms with Crippen LogP contribution in [0.1, 0.15) is 73.4 Å². The number of phenols is 1. The minimum absolute atomic E-state index is 0.0441. The Morgan fingerprint density at radius 1 is 0.975 bits per heavy atom. The van der Waals surface area contributed by atoms with Gasteiger partial charge in [-0.15, -0.1) is 0 Å². The molecule has 0 saturated heterocycles. The van der Waals surface area contributed by atoms with Crippen molar-refractivity contribution in [2.24, 2.45) is 11.8 Å². The van der Waals surface area contributed by atoms with Crippen molar-refractivity contribution < 1.29 is 28.2 Å². The lowest BCUT2D eigenvalue weighted by atomic mass is 9.84. The van der Waals surface area contributed by atoms with E-state index in [1.54, 1.807) is 12.2 Å². The van der Waals surface area contributed by atoms with Crippen molar-refractivity contribution in [1.82, 2.24) is 4.31 Å². The average Bonchev–Trinajstić information content (AvgIpc) is 2.93. The zero-order chi connectivity index (χ0) is 29.0. The quantitative estimate of drug-likeness (QED) is 0.405. The second-order valence-corrected chi connectivity index (χ2v) is 13.0. The number of carboxylic acids is 1. The maximum atomic E-state index is 13.6. The minimum Gasteiger partial charge on any atom is -0.507 e. The second kappa shape index (κ2) is 12.4. The minimum atomic E-state index is -3.91. The highest BCUT2D eigenvalue weighted by Crippen LogP contribution is 2.33. The summed E-state index contributed by atoms with van der Waals surface area (Å²) in [6.07, 6.45) is 11.2. The zero-order valence-electron chi connectivity index (χ0n) is 23.3. The van der Waals surface area contributed by atoms with Gasteiger partial charge in [-0.2, -0.15) is 4.31 Å². The molecule has 0 bridgehead atoms. The first-order valence-electron chi connectivity index (χ1n) is 13.8. The molecule has 0 spiro atoms. The summed E-state index contributed by atoms with van der Waals surface area (Å²) in [4.78, 5) is 26.6. The molecule has 2 atom stereocenters. The van der Waals surface area contributed by atoms with Gasteiger partial charge >= 0.3 is 5.97 Å². The van der Waals surface area contributed by atoms with E-state index < -0.39 is 34.2 Å². The Kier molecular flexibility index (Phi) is 9.15. The Morgan fingerprint density at radius 3 is 2.25 bits per heavy atom. The number of hydrogen-bond donors (Lipinski definition) is 2. The van der Waals surface area contributed by atoms with Crippen molar-refractivity contribution in [3.05, 3.63) is 82.3 Å². The van der Waals surface area contributed by atoms with Crippen LogP contribution in [0.3, 0.4) is 0 Å². The molecule has 1 amide bonds. The van der Waals surface area contributed by atoms with Crippen molar-refractivity contribution in [3.63, 3.8) is 0 Å². The van der Waals surface area contributed by atoms with Gasteiger partial charge in [0, 0.05) is 18.8 Å². The summed E-state index contributed by atoms with van der Waals surface area (Å²) in [5.74, 6) is -1.48. The summed E-state index contributed by atoms with van der Waals surface area (Å²) in [5, 5.41) is 19.6. The Labute approximate surface area is 236 Å². The molecule has 0 aliphatic heterocycles. The fraction of sp³-hybridized carbons (Fsp3) is 0.419.